The normalized spacial score (nSPS) is 23.3. The second-order valence-electron chi connectivity index (χ2n) is 10.7. The van der Waals surface area contributed by atoms with Gasteiger partial charge in [-0.05, 0) is 64.3 Å². The molecule has 2 rings (SSSR count). The topological polar surface area (TPSA) is 90.0 Å². The summed E-state index contributed by atoms with van der Waals surface area (Å²) in [6.07, 6.45) is 10.8. The first-order chi connectivity index (χ1) is 16.1. The van der Waals surface area contributed by atoms with Crippen molar-refractivity contribution in [2.24, 2.45) is 11.8 Å². The quantitative estimate of drug-likeness (QED) is 0.460. The number of carbonyl (C=O) groups excluding carboxylic acids is 2. The molecular weight excluding hydrogens is 430 g/mol. The Morgan fingerprint density at radius 1 is 1.06 bits per heavy atom. The van der Waals surface area contributed by atoms with Gasteiger partial charge in [0, 0.05) is 18.7 Å². The Hall–Kier alpha value is -1.89. The first-order valence-electron chi connectivity index (χ1n) is 13.3. The molecule has 1 saturated heterocycles. The Balaban J connectivity index is 2.29. The molecule has 0 aromatic carbocycles. The van der Waals surface area contributed by atoms with Gasteiger partial charge in [0.2, 0.25) is 11.8 Å². The van der Waals surface area contributed by atoms with E-state index in [-0.39, 0.29) is 41.3 Å². The number of rotatable bonds is 10. The van der Waals surface area contributed by atoms with E-state index >= 15 is 0 Å². The predicted molar refractivity (Wildman–Crippen MR) is 135 cm³/mol. The van der Waals surface area contributed by atoms with E-state index < -0.39 is 12.0 Å². The minimum atomic E-state index is -0.980. The average molecular weight is 478 g/mol. The molecule has 4 atom stereocenters. The van der Waals surface area contributed by atoms with Crippen LogP contribution in [0.3, 0.4) is 0 Å². The van der Waals surface area contributed by atoms with Crippen LogP contribution in [0.1, 0.15) is 92.4 Å². The highest BCUT2D eigenvalue weighted by Crippen LogP contribution is 2.29. The Kier molecular flexibility index (Phi) is 11.1. The molecule has 1 heterocycles. The van der Waals surface area contributed by atoms with Gasteiger partial charge < -0.3 is 15.3 Å². The van der Waals surface area contributed by atoms with Crippen LogP contribution >= 0.6 is 0 Å². The van der Waals surface area contributed by atoms with E-state index in [1.807, 2.05) is 13.8 Å². The third kappa shape index (κ3) is 7.30. The molecule has 0 bridgehead atoms. The largest absolute Gasteiger partial charge is 0.478 e. The molecule has 0 aromatic rings. The molecule has 0 spiro atoms. The summed E-state index contributed by atoms with van der Waals surface area (Å²) >= 11 is 0. The number of hydrogen-bond acceptors (Lipinski definition) is 4. The zero-order chi connectivity index (χ0) is 25.4. The summed E-state index contributed by atoms with van der Waals surface area (Å²) in [6, 6.07) is -0.781. The minimum Gasteiger partial charge on any atom is -0.478 e. The molecule has 1 saturated carbocycles. The number of amides is 2. The van der Waals surface area contributed by atoms with E-state index in [1.165, 1.54) is 6.42 Å². The van der Waals surface area contributed by atoms with Crippen LogP contribution in [-0.4, -0.2) is 70.4 Å². The van der Waals surface area contributed by atoms with Crippen molar-refractivity contribution < 1.29 is 19.5 Å². The lowest BCUT2D eigenvalue weighted by molar-refractivity contribution is -0.141. The van der Waals surface area contributed by atoms with Crippen LogP contribution in [0.5, 0.6) is 0 Å². The van der Waals surface area contributed by atoms with Gasteiger partial charge in [-0.3, -0.25) is 14.5 Å². The van der Waals surface area contributed by atoms with Crippen molar-refractivity contribution in [2.45, 2.75) is 117 Å². The predicted octanol–water partition coefficient (Wildman–Crippen LogP) is 4.22. The molecule has 1 aliphatic heterocycles. The van der Waals surface area contributed by atoms with Gasteiger partial charge >= 0.3 is 5.97 Å². The van der Waals surface area contributed by atoms with Gasteiger partial charge in [-0.25, -0.2) is 4.79 Å². The zero-order valence-electron chi connectivity index (χ0n) is 22.2. The Morgan fingerprint density at radius 2 is 1.68 bits per heavy atom. The lowest BCUT2D eigenvalue weighted by Crippen LogP contribution is -2.59. The molecule has 2 amide bonds. The third-order valence-electron chi connectivity index (χ3n) is 7.92. The highest BCUT2D eigenvalue weighted by molar-refractivity contribution is 5.90. The summed E-state index contributed by atoms with van der Waals surface area (Å²) in [5.74, 6) is -0.961. The van der Waals surface area contributed by atoms with Crippen molar-refractivity contribution in [3.63, 3.8) is 0 Å². The molecule has 2 fully saturated rings. The summed E-state index contributed by atoms with van der Waals surface area (Å²) in [7, 11) is 1.74. The molecule has 7 heteroatoms. The lowest BCUT2D eigenvalue weighted by Gasteiger charge is -2.41. The monoisotopic (exact) mass is 477 g/mol. The SMILES string of the molecule is CCC(C)N1CCCCC1C(=O)N[C@H](C(=O)N(C)[C@H](C=C(C)C(=O)O)C(C)C)C1CCCCC1. The number of piperidine rings is 1. The van der Waals surface area contributed by atoms with Crippen LogP contribution in [0, 0.1) is 11.8 Å². The van der Waals surface area contributed by atoms with Crippen molar-refractivity contribution in [1.82, 2.24) is 15.1 Å². The van der Waals surface area contributed by atoms with Crippen LogP contribution in [0.4, 0.5) is 0 Å². The molecule has 2 aliphatic rings. The number of carbonyl (C=O) groups is 3. The molecule has 34 heavy (non-hydrogen) atoms. The van der Waals surface area contributed by atoms with Gasteiger partial charge in [-0.2, -0.15) is 0 Å². The summed E-state index contributed by atoms with van der Waals surface area (Å²) in [5, 5.41) is 12.6. The fourth-order valence-electron chi connectivity index (χ4n) is 5.54. The summed E-state index contributed by atoms with van der Waals surface area (Å²) < 4.78 is 0. The van der Waals surface area contributed by atoms with E-state index in [2.05, 4.69) is 24.1 Å². The second kappa shape index (κ2) is 13.3. The third-order valence-corrected chi connectivity index (χ3v) is 7.92. The first kappa shape index (κ1) is 28.3. The van der Waals surface area contributed by atoms with Gasteiger partial charge in [0.1, 0.15) is 6.04 Å². The number of carboxylic acids is 1. The maximum atomic E-state index is 13.9. The summed E-state index contributed by atoms with van der Waals surface area (Å²) in [4.78, 5) is 42.8. The zero-order valence-corrected chi connectivity index (χ0v) is 22.2. The van der Waals surface area contributed by atoms with Crippen molar-refractivity contribution in [2.75, 3.05) is 13.6 Å². The van der Waals surface area contributed by atoms with Crippen molar-refractivity contribution in [3.05, 3.63) is 11.6 Å². The molecule has 2 N–H and O–H groups in total. The van der Waals surface area contributed by atoms with Crippen LogP contribution in [0.15, 0.2) is 11.6 Å². The highest BCUT2D eigenvalue weighted by Gasteiger charge is 2.38. The van der Waals surface area contributed by atoms with E-state index in [0.29, 0.717) is 6.04 Å². The summed E-state index contributed by atoms with van der Waals surface area (Å²) in [6.45, 7) is 10.8. The fraction of sp³-hybridized carbons (Fsp3) is 0.815. The highest BCUT2D eigenvalue weighted by atomic mass is 16.4. The molecule has 194 valence electrons. The van der Waals surface area contributed by atoms with E-state index in [1.54, 1.807) is 24.9 Å². The Labute approximate surface area is 206 Å². The Morgan fingerprint density at radius 3 is 2.24 bits per heavy atom. The number of carboxylic acid groups (broad SMARTS) is 1. The van der Waals surface area contributed by atoms with Crippen molar-refractivity contribution in [1.29, 1.82) is 0 Å². The maximum absolute atomic E-state index is 13.9. The number of nitrogens with one attached hydrogen (secondary N) is 1. The van der Waals surface area contributed by atoms with Crippen molar-refractivity contribution in [3.8, 4) is 0 Å². The molecule has 0 radical (unpaired) electrons. The first-order valence-corrected chi connectivity index (χ1v) is 13.3. The average Bonchev–Trinajstić information content (AvgIpc) is 2.84. The van der Waals surface area contributed by atoms with E-state index in [9.17, 15) is 19.5 Å². The van der Waals surface area contributed by atoms with Crippen LogP contribution in [0.25, 0.3) is 0 Å². The number of aliphatic carboxylic acids is 1. The van der Waals surface area contributed by atoms with Crippen LogP contribution in [0.2, 0.25) is 0 Å². The van der Waals surface area contributed by atoms with Gasteiger partial charge in [0.25, 0.3) is 0 Å². The lowest BCUT2D eigenvalue weighted by atomic mass is 9.82. The standard InChI is InChI=1S/C27H47N3O4/c1-7-20(5)30-16-12-11-15-22(30)25(31)28-24(21-13-9-8-10-14-21)26(32)29(6)23(18(2)3)17-19(4)27(33)34/h17-18,20-24H,7-16H2,1-6H3,(H,28,31)(H,33,34)/t20?,22?,23-,24+/m1/s1. The number of likely N-dealkylation sites (tertiary alicyclic amines) is 1. The minimum absolute atomic E-state index is 0.0318. The van der Waals surface area contributed by atoms with Crippen LogP contribution in [-0.2, 0) is 14.4 Å². The van der Waals surface area contributed by atoms with Crippen molar-refractivity contribution >= 4 is 17.8 Å². The smallest absolute Gasteiger partial charge is 0.331 e. The van der Waals surface area contributed by atoms with Gasteiger partial charge in [0.05, 0.1) is 12.1 Å². The van der Waals surface area contributed by atoms with E-state index in [4.69, 9.17) is 0 Å². The second-order valence-corrected chi connectivity index (χ2v) is 10.7. The number of likely N-dealkylation sites (N-methyl/N-ethyl adjacent to an activating group) is 1. The Bertz CT molecular complexity index is 729. The van der Waals surface area contributed by atoms with Gasteiger partial charge in [-0.1, -0.05) is 52.5 Å². The van der Waals surface area contributed by atoms with Crippen LogP contribution < -0.4 is 5.32 Å². The molecular formula is C27H47N3O4. The molecule has 0 aromatic heterocycles. The van der Waals surface area contributed by atoms with Gasteiger partial charge in [-0.15, -0.1) is 0 Å². The van der Waals surface area contributed by atoms with Gasteiger partial charge in [0.15, 0.2) is 0 Å². The summed E-state index contributed by atoms with van der Waals surface area (Å²) in [5.41, 5.74) is 0.225. The maximum Gasteiger partial charge on any atom is 0.331 e. The van der Waals surface area contributed by atoms with E-state index in [0.717, 1.165) is 57.9 Å². The molecule has 1 aliphatic carbocycles. The fourth-order valence-corrected chi connectivity index (χ4v) is 5.54. The molecule has 7 nitrogen and oxygen atoms in total. The number of hydrogen-bond donors (Lipinski definition) is 2. The number of nitrogens with zero attached hydrogens (tertiary/aromatic N) is 2. The molecule has 2 unspecified atom stereocenters.